The van der Waals surface area contributed by atoms with Crippen molar-refractivity contribution in [1.29, 1.82) is 0 Å². The monoisotopic (exact) mass is 875 g/mol. The van der Waals surface area contributed by atoms with E-state index < -0.39 is 23.8 Å². The highest BCUT2D eigenvalue weighted by molar-refractivity contribution is 6.03. The van der Waals surface area contributed by atoms with Crippen LogP contribution in [0.4, 0.5) is 9.18 Å². The molecule has 2 aromatic rings. The molecule has 6 atom stereocenters. The van der Waals surface area contributed by atoms with Gasteiger partial charge in [0.2, 0.25) is 5.79 Å². The molecule has 1 fully saturated rings. The molecule has 0 saturated heterocycles. The fourth-order valence-electron chi connectivity index (χ4n) is 9.96. The van der Waals surface area contributed by atoms with Gasteiger partial charge >= 0.3 is 6.09 Å². The van der Waals surface area contributed by atoms with Crippen molar-refractivity contribution in [2.75, 3.05) is 39.6 Å². The van der Waals surface area contributed by atoms with E-state index in [1.807, 2.05) is 19.1 Å². The molecule has 2 aromatic carbocycles. The van der Waals surface area contributed by atoms with E-state index in [0.29, 0.717) is 43.3 Å². The second-order valence-corrected chi connectivity index (χ2v) is 17.3. The predicted octanol–water partition coefficient (Wildman–Crippen LogP) is 11.6. The number of allylic oxidation sites excluding steroid dienone is 1. The van der Waals surface area contributed by atoms with Crippen LogP contribution in [0.3, 0.4) is 0 Å². The van der Waals surface area contributed by atoms with Crippen molar-refractivity contribution in [2.24, 2.45) is 22.9 Å². The third-order valence-corrected chi connectivity index (χ3v) is 12.9. The quantitative estimate of drug-likeness (QED) is 0.0452. The lowest BCUT2D eigenvalue weighted by atomic mass is 9.55. The molecule has 1 amide bonds. The number of aliphatic hydroxyl groups excluding tert-OH is 2. The summed E-state index contributed by atoms with van der Waals surface area (Å²) < 4.78 is 41.0. The topological polar surface area (TPSA) is 119 Å². The lowest BCUT2D eigenvalue weighted by Gasteiger charge is -2.59. The van der Waals surface area contributed by atoms with Crippen molar-refractivity contribution in [3.8, 4) is 11.5 Å². The molecule has 0 aromatic heterocycles. The maximum absolute atomic E-state index is 14.8. The van der Waals surface area contributed by atoms with E-state index in [0.717, 1.165) is 61.6 Å². The zero-order valence-electron chi connectivity index (χ0n) is 38.2. The third kappa shape index (κ3) is 13.4. The molecule has 6 unspecified atom stereocenters. The van der Waals surface area contributed by atoms with Gasteiger partial charge in [0.05, 0.1) is 24.8 Å². The van der Waals surface area contributed by atoms with E-state index in [1.165, 1.54) is 57.1 Å². The molecule has 11 heteroatoms. The molecule has 10 nitrogen and oxygen atoms in total. The fourth-order valence-corrected chi connectivity index (χ4v) is 9.96. The Hall–Kier alpha value is -4.19. The minimum Gasteiger partial charge on any atom is -0.490 e. The van der Waals surface area contributed by atoms with Crippen molar-refractivity contribution >= 4 is 11.8 Å². The summed E-state index contributed by atoms with van der Waals surface area (Å²) in [6.45, 7) is 13.4. The van der Waals surface area contributed by atoms with E-state index in [9.17, 15) is 19.4 Å². The molecule has 0 radical (unpaired) electrons. The number of halogens is 1. The van der Waals surface area contributed by atoms with Gasteiger partial charge in [-0.15, -0.1) is 6.58 Å². The number of aliphatic hydroxyl groups is 2. The average molecular weight is 875 g/mol. The Morgan fingerprint density at radius 1 is 0.889 bits per heavy atom. The summed E-state index contributed by atoms with van der Waals surface area (Å²) in [7, 11) is 0. The second-order valence-electron chi connectivity index (χ2n) is 17.3. The molecule has 2 N–H and O–H groups in total. The van der Waals surface area contributed by atoms with E-state index in [4.69, 9.17) is 28.9 Å². The van der Waals surface area contributed by atoms with Gasteiger partial charge in [-0.25, -0.2) is 9.18 Å². The Morgan fingerprint density at radius 3 is 2.24 bits per heavy atom. The average Bonchev–Trinajstić information content (AvgIpc) is 3.29. The maximum Gasteiger partial charge on any atom is 0.410 e. The second kappa shape index (κ2) is 26.6. The van der Waals surface area contributed by atoms with Crippen molar-refractivity contribution < 1.29 is 43.2 Å². The van der Waals surface area contributed by atoms with Gasteiger partial charge < -0.3 is 34.0 Å². The van der Waals surface area contributed by atoms with E-state index in [-0.39, 0.29) is 63.0 Å². The molecule has 1 saturated carbocycles. The standard InChI is InChI=1S/C52H75FN2O8/c1-5-9-10-11-12-13-14-15-16-21-34-60-51(58)55(38-39-24-26-41(53)27-25-39)48-37-46(54-62-8-4)44-35-40(22-17-19-30-56)43(23-18-20-31-57)49-45-36-42(59-32-6-2)28-29-47(45)63-52(48,50(44)49)61-33-7-3/h6-7,24-29,35-36,40,43,48-50,56-57H,2-3,5,8-23,30-34,37-38H2,1,4H3. The normalized spacial score (nSPS) is 22.9. The van der Waals surface area contributed by atoms with Crippen molar-refractivity contribution in [3.63, 3.8) is 0 Å². The van der Waals surface area contributed by atoms with E-state index in [1.54, 1.807) is 29.2 Å². The molecule has 2 aliphatic carbocycles. The van der Waals surface area contributed by atoms with Crippen LogP contribution in [0.15, 0.2) is 84.6 Å². The molecular weight excluding hydrogens is 800 g/mol. The van der Waals surface area contributed by atoms with Crippen LogP contribution >= 0.6 is 0 Å². The lowest BCUT2D eigenvalue weighted by molar-refractivity contribution is -0.256. The molecular formula is C52H75FN2O8. The fraction of sp³-hybridized carbons (Fsp3) is 0.615. The first-order valence-electron chi connectivity index (χ1n) is 24.0. The molecule has 3 aliphatic rings. The highest BCUT2D eigenvalue weighted by Crippen LogP contribution is 2.62. The molecule has 1 heterocycles. The van der Waals surface area contributed by atoms with Gasteiger partial charge in [0, 0.05) is 37.7 Å². The van der Waals surface area contributed by atoms with E-state index >= 15 is 0 Å². The summed E-state index contributed by atoms with van der Waals surface area (Å²) in [6, 6.07) is 11.3. The van der Waals surface area contributed by atoms with Gasteiger partial charge in [-0.05, 0) is 92.3 Å². The number of hydrogen-bond donors (Lipinski definition) is 2. The van der Waals surface area contributed by atoms with Crippen molar-refractivity contribution in [2.45, 2.75) is 147 Å². The Kier molecular flexibility index (Phi) is 21.0. The molecule has 5 rings (SSSR count). The zero-order chi connectivity index (χ0) is 44.9. The largest absolute Gasteiger partial charge is 0.490 e. The summed E-state index contributed by atoms with van der Waals surface area (Å²) in [5.74, 6) is -1.02. The number of unbranched alkanes of at least 4 members (excludes halogenated alkanes) is 11. The number of nitrogens with zero attached hydrogens (tertiary/aromatic N) is 2. The first-order chi connectivity index (χ1) is 30.8. The van der Waals surface area contributed by atoms with Gasteiger partial charge in [-0.2, -0.15) is 0 Å². The van der Waals surface area contributed by atoms with Gasteiger partial charge in [0.25, 0.3) is 0 Å². The van der Waals surface area contributed by atoms with Crippen LogP contribution in [-0.2, 0) is 20.9 Å². The number of fused-ring (bicyclic) bond motifs is 2. The predicted molar refractivity (Wildman–Crippen MR) is 247 cm³/mol. The van der Waals surface area contributed by atoms with Crippen LogP contribution in [-0.4, -0.2) is 78.4 Å². The maximum atomic E-state index is 14.8. The minimum atomic E-state index is -1.45. The van der Waals surface area contributed by atoms with Gasteiger partial charge in [0.1, 0.15) is 36.6 Å². The summed E-state index contributed by atoms with van der Waals surface area (Å²) in [5, 5.41) is 24.6. The lowest BCUT2D eigenvalue weighted by Crippen LogP contribution is -2.70. The van der Waals surface area contributed by atoms with Crippen LogP contribution in [0.5, 0.6) is 11.5 Å². The summed E-state index contributed by atoms with van der Waals surface area (Å²) in [6.07, 6.45) is 21.7. The van der Waals surface area contributed by atoms with Crippen LogP contribution in [0.2, 0.25) is 0 Å². The highest BCUT2D eigenvalue weighted by Gasteiger charge is 2.65. The zero-order valence-corrected chi connectivity index (χ0v) is 38.2. The smallest absolute Gasteiger partial charge is 0.410 e. The number of rotatable bonds is 30. The third-order valence-electron chi connectivity index (χ3n) is 12.9. The Balaban J connectivity index is 1.61. The van der Waals surface area contributed by atoms with Gasteiger partial charge in [0.15, 0.2) is 0 Å². The summed E-state index contributed by atoms with van der Waals surface area (Å²) in [5.41, 5.74) is 3.34. The number of oxime groups is 1. The highest BCUT2D eigenvalue weighted by atomic mass is 19.1. The van der Waals surface area contributed by atoms with Crippen molar-refractivity contribution in [3.05, 3.63) is 96.4 Å². The Labute approximate surface area is 376 Å². The molecule has 63 heavy (non-hydrogen) atoms. The number of benzene rings is 2. The summed E-state index contributed by atoms with van der Waals surface area (Å²) >= 11 is 0. The summed E-state index contributed by atoms with van der Waals surface area (Å²) in [4.78, 5) is 22.4. The van der Waals surface area contributed by atoms with Gasteiger partial charge in [-0.1, -0.05) is 120 Å². The van der Waals surface area contributed by atoms with Crippen LogP contribution in [0.1, 0.15) is 140 Å². The molecule has 0 spiro atoms. The minimum absolute atomic E-state index is 0.0638. The number of carbonyl (C=O) groups is 1. The van der Waals surface area contributed by atoms with Gasteiger partial charge in [-0.3, -0.25) is 4.90 Å². The van der Waals surface area contributed by atoms with Crippen molar-refractivity contribution in [1.82, 2.24) is 4.90 Å². The molecule has 1 aliphatic heterocycles. The van der Waals surface area contributed by atoms with Crippen LogP contribution in [0.25, 0.3) is 0 Å². The van der Waals surface area contributed by atoms with E-state index in [2.05, 4.69) is 32.2 Å². The molecule has 348 valence electrons. The SMILES string of the molecule is C=CCOc1ccc2c(c1)C1C(CCCCO)C(CCCCO)C=C3C(=NOCC)CC(N(Cc4ccc(F)cc4)C(=O)OCCCCCCCCCCCC)C(OCC=C)(O2)C31. The number of amides is 1. The first kappa shape index (κ1) is 49.8. The Morgan fingerprint density at radius 2 is 1.57 bits per heavy atom. The molecule has 0 bridgehead atoms. The number of carbonyl (C=O) groups excluding carboxylic acids is 1. The first-order valence-corrected chi connectivity index (χ1v) is 24.0. The Bertz CT molecular complexity index is 1770. The van der Waals surface area contributed by atoms with Crippen LogP contribution in [0, 0.1) is 23.6 Å². The van der Waals surface area contributed by atoms with Crippen LogP contribution < -0.4 is 9.47 Å². The number of hydrogen-bond acceptors (Lipinski definition) is 9. The number of ether oxygens (including phenoxy) is 4.